The number of carbonyl (C=O) groups is 1. The molecule has 1 aromatic heterocycles. The lowest BCUT2D eigenvalue weighted by Gasteiger charge is -2.57. The van der Waals surface area contributed by atoms with E-state index in [1.807, 2.05) is 6.07 Å². The van der Waals surface area contributed by atoms with Crippen LogP contribution in [0.5, 0.6) is 0 Å². The maximum Gasteiger partial charge on any atom is 0.221 e. The minimum Gasteiger partial charge on any atom is -0.378 e. The van der Waals surface area contributed by atoms with Crippen molar-refractivity contribution in [2.45, 2.75) is 82.8 Å². The zero-order valence-corrected chi connectivity index (χ0v) is 18.0. The van der Waals surface area contributed by atoms with E-state index in [1.54, 1.807) is 6.92 Å². The van der Waals surface area contributed by atoms with E-state index in [9.17, 15) is 4.79 Å². The zero-order chi connectivity index (χ0) is 20.3. The summed E-state index contributed by atoms with van der Waals surface area (Å²) in [5.74, 6) is 3.85. The average Bonchev–Trinajstić information content (AvgIpc) is 3.05. The number of hydrogen-bond donors (Lipinski definition) is 1. The normalized spacial score (nSPS) is 35.1. The van der Waals surface area contributed by atoms with E-state index in [2.05, 4.69) is 22.0 Å². The van der Waals surface area contributed by atoms with Gasteiger partial charge in [0, 0.05) is 31.2 Å². The largest absolute Gasteiger partial charge is 0.378 e. The van der Waals surface area contributed by atoms with E-state index in [0.717, 1.165) is 48.4 Å². The monoisotopic (exact) mass is 407 g/mol. The number of aromatic nitrogens is 2. The molecule has 0 spiro atoms. The second-order valence-electron chi connectivity index (χ2n) is 10.6. The summed E-state index contributed by atoms with van der Waals surface area (Å²) >= 11 is 0. The Kier molecular flexibility index (Phi) is 4.45. The quantitative estimate of drug-likeness (QED) is 0.773. The molecule has 1 N–H and O–H groups in total. The highest BCUT2D eigenvalue weighted by Gasteiger charge is 2.52. The summed E-state index contributed by atoms with van der Waals surface area (Å²) in [6.45, 7) is 2.44. The Hall–Kier alpha value is -1.88. The van der Waals surface area contributed by atoms with Gasteiger partial charge in [-0.25, -0.2) is 4.98 Å². The molecule has 5 aliphatic rings. The number of carbonyl (C=O) groups excluding carboxylic acids is 1. The molecule has 1 aromatic carbocycles. The van der Waals surface area contributed by atoms with Crippen molar-refractivity contribution in [2.75, 3.05) is 11.9 Å². The molecule has 2 aromatic rings. The number of nitrogens with zero attached hydrogens (tertiary/aromatic N) is 2. The molecule has 1 unspecified atom stereocenters. The van der Waals surface area contributed by atoms with Gasteiger partial charge in [0.25, 0.3) is 0 Å². The van der Waals surface area contributed by atoms with Crippen LogP contribution in [0.15, 0.2) is 18.2 Å². The van der Waals surface area contributed by atoms with Gasteiger partial charge >= 0.3 is 0 Å². The first-order valence-electron chi connectivity index (χ1n) is 12.0. The Morgan fingerprint density at radius 1 is 1.17 bits per heavy atom. The molecule has 1 saturated heterocycles. The summed E-state index contributed by atoms with van der Waals surface area (Å²) in [7, 11) is 0. The summed E-state index contributed by atoms with van der Waals surface area (Å²) in [6, 6.07) is 6.29. The van der Waals surface area contributed by atoms with Crippen LogP contribution in [0.2, 0.25) is 0 Å². The highest BCUT2D eigenvalue weighted by atomic mass is 16.5. The van der Waals surface area contributed by atoms with E-state index in [-0.39, 0.29) is 17.6 Å². The van der Waals surface area contributed by atoms with E-state index >= 15 is 0 Å². The zero-order valence-electron chi connectivity index (χ0n) is 18.0. The van der Waals surface area contributed by atoms with Crippen LogP contribution in [0.25, 0.3) is 11.0 Å². The molecular weight excluding hydrogens is 374 g/mol. The maximum absolute atomic E-state index is 11.6. The lowest BCUT2D eigenvalue weighted by molar-refractivity contribution is -0.114. The van der Waals surface area contributed by atoms with Gasteiger partial charge in [-0.2, -0.15) is 0 Å². The molecule has 1 amide bonds. The molecule has 5 heteroatoms. The summed E-state index contributed by atoms with van der Waals surface area (Å²) in [5.41, 5.74) is 3.34. The SMILES string of the molecule is CC(=O)Nc1ccc2c(c1)nc(CC1CCCCO1)n2C12CC3CC(CC(C3)C1)C2. The lowest BCUT2D eigenvalue weighted by Crippen LogP contribution is -2.52. The van der Waals surface area contributed by atoms with Crippen molar-refractivity contribution in [2.24, 2.45) is 17.8 Å². The van der Waals surface area contributed by atoms with Crippen LogP contribution >= 0.6 is 0 Å². The lowest BCUT2D eigenvalue weighted by atomic mass is 9.53. The molecule has 7 rings (SSSR count). The van der Waals surface area contributed by atoms with Gasteiger partial charge in [0.2, 0.25) is 5.91 Å². The minimum atomic E-state index is -0.0364. The molecule has 4 bridgehead atoms. The second-order valence-corrected chi connectivity index (χ2v) is 10.6. The molecule has 5 fully saturated rings. The van der Waals surface area contributed by atoms with Crippen LogP contribution < -0.4 is 5.32 Å². The highest BCUT2D eigenvalue weighted by molar-refractivity contribution is 5.91. The van der Waals surface area contributed by atoms with Crippen LogP contribution in [0.4, 0.5) is 5.69 Å². The number of fused-ring (bicyclic) bond motifs is 1. The van der Waals surface area contributed by atoms with Gasteiger partial charge in [-0.1, -0.05) is 0 Å². The number of benzene rings is 1. The van der Waals surface area contributed by atoms with Gasteiger partial charge in [-0.3, -0.25) is 4.79 Å². The molecule has 2 heterocycles. The summed E-state index contributed by atoms with van der Waals surface area (Å²) < 4.78 is 8.77. The van der Waals surface area contributed by atoms with Crippen LogP contribution in [0.1, 0.15) is 70.5 Å². The average molecular weight is 408 g/mol. The van der Waals surface area contributed by atoms with Gasteiger partial charge < -0.3 is 14.6 Å². The van der Waals surface area contributed by atoms with E-state index in [4.69, 9.17) is 9.72 Å². The first-order chi connectivity index (χ1) is 14.6. The molecule has 4 saturated carbocycles. The molecule has 1 atom stereocenters. The van der Waals surface area contributed by atoms with Gasteiger partial charge in [-0.05, 0) is 93.7 Å². The van der Waals surface area contributed by atoms with E-state index in [0.29, 0.717) is 0 Å². The van der Waals surface area contributed by atoms with Gasteiger partial charge in [0.15, 0.2) is 0 Å². The molecule has 4 aliphatic carbocycles. The first kappa shape index (κ1) is 18.9. The van der Waals surface area contributed by atoms with Crippen molar-refractivity contribution in [1.82, 2.24) is 9.55 Å². The fourth-order valence-electron chi connectivity index (χ4n) is 7.59. The van der Waals surface area contributed by atoms with Crippen LogP contribution in [0.3, 0.4) is 0 Å². The number of amides is 1. The van der Waals surface area contributed by atoms with Crippen molar-refractivity contribution in [1.29, 1.82) is 0 Å². The molecule has 30 heavy (non-hydrogen) atoms. The van der Waals surface area contributed by atoms with Crippen molar-refractivity contribution in [3.8, 4) is 0 Å². The Bertz CT molecular complexity index is 937. The third-order valence-electron chi connectivity index (χ3n) is 8.21. The van der Waals surface area contributed by atoms with Crippen molar-refractivity contribution >= 4 is 22.6 Å². The van der Waals surface area contributed by atoms with Crippen LogP contribution in [0, 0.1) is 17.8 Å². The fourth-order valence-corrected chi connectivity index (χ4v) is 7.59. The molecule has 5 nitrogen and oxygen atoms in total. The summed E-state index contributed by atoms with van der Waals surface area (Å²) in [6.07, 6.45) is 13.1. The molecular formula is C25H33N3O2. The summed E-state index contributed by atoms with van der Waals surface area (Å²) in [4.78, 5) is 16.7. The van der Waals surface area contributed by atoms with Crippen molar-refractivity contribution in [3.63, 3.8) is 0 Å². The maximum atomic E-state index is 11.6. The number of imidazole rings is 1. The van der Waals surface area contributed by atoms with Gasteiger partial charge in [0.05, 0.1) is 17.1 Å². The van der Waals surface area contributed by atoms with E-state index in [1.165, 1.54) is 62.7 Å². The number of anilines is 1. The first-order valence-corrected chi connectivity index (χ1v) is 12.0. The Balaban J connectivity index is 1.45. The Morgan fingerprint density at radius 3 is 2.53 bits per heavy atom. The third kappa shape index (κ3) is 3.17. The topological polar surface area (TPSA) is 56.1 Å². The molecule has 1 aliphatic heterocycles. The molecule has 0 radical (unpaired) electrons. The third-order valence-corrected chi connectivity index (χ3v) is 8.21. The predicted octanol–water partition coefficient (Wildman–Crippen LogP) is 5.03. The van der Waals surface area contributed by atoms with Crippen LogP contribution in [-0.2, 0) is 21.5 Å². The standard InChI is InChI=1S/C25H33N3O2/c1-16(29)26-20-5-6-23-22(11-20)27-24(12-21-4-2-3-7-30-21)28(23)25-13-17-8-18(14-25)10-19(9-17)15-25/h5-6,11,17-19,21H,2-4,7-10,12-15H2,1H3,(H,26,29). The minimum absolute atomic E-state index is 0.0364. The Morgan fingerprint density at radius 2 is 1.90 bits per heavy atom. The van der Waals surface area contributed by atoms with Crippen molar-refractivity contribution < 1.29 is 9.53 Å². The highest BCUT2D eigenvalue weighted by Crippen LogP contribution is 2.59. The summed E-state index contributed by atoms with van der Waals surface area (Å²) in [5, 5.41) is 2.93. The van der Waals surface area contributed by atoms with E-state index < -0.39 is 0 Å². The second kappa shape index (κ2) is 7.08. The number of hydrogen-bond acceptors (Lipinski definition) is 3. The van der Waals surface area contributed by atoms with Crippen molar-refractivity contribution in [3.05, 3.63) is 24.0 Å². The number of nitrogens with one attached hydrogen (secondary N) is 1. The molecule has 160 valence electrons. The Labute approximate surface area is 178 Å². The van der Waals surface area contributed by atoms with Crippen LogP contribution in [-0.4, -0.2) is 28.2 Å². The van der Waals surface area contributed by atoms with Gasteiger partial charge in [0.1, 0.15) is 5.82 Å². The number of ether oxygens (including phenoxy) is 1. The number of rotatable bonds is 4. The predicted molar refractivity (Wildman–Crippen MR) is 117 cm³/mol. The smallest absolute Gasteiger partial charge is 0.221 e. The van der Waals surface area contributed by atoms with Gasteiger partial charge in [-0.15, -0.1) is 0 Å². The fraction of sp³-hybridized carbons (Fsp3) is 0.680.